The topological polar surface area (TPSA) is 25.8 Å². The lowest BCUT2D eigenvalue weighted by atomic mass is 10.2. The van der Waals surface area contributed by atoms with E-state index in [1.165, 1.54) is 6.07 Å². The Bertz CT molecular complexity index is 609. The standard InChI is InChI=1S/C12H8BrClF2N2/c1-5-6(2)17-12(18-11(5)14)7-3-4-8(15)10(16)9(7)13/h3-4H,1-2H3. The van der Waals surface area contributed by atoms with Crippen molar-refractivity contribution in [3.05, 3.63) is 44.7 Å². The van der Waals surface area contributed by atoms with Crippen molar-refractivity contribution >= 4 is 27.5 Å². The molecule has 94 valence electrons. The largest absolute Gasteiger partial charge is 0.233 e. The molecule has 0 bridgehead atoms. The molecule has 1 heterocycles. The number of rotatable bonds is 1. The fourth-order valence-corrected chi connectivity index (χ4v) is 2.13. The predicted molar refractivity (Wildman–Crippen MR) is 69.6 cm³/mol. The number of benzene rings is 1. The van der Waals surface area contributed by atoms with Crippen molar-refractivity contribution in [2.75, 3.05) is 0 Å². The fraction of sp³-hybridized carbons (Fsp3) is 0.167. The maximum atomic E-state index is 13.4. The molecule has 2 nitrogen and oxygen atoms in total. The van der Waals surface area contributed by atoms with E-state index in [0.717, 1.165) is 11.6 Å². The van der Waals surface area contributed by atoms with Crippen molar-refractivity contribution in [3.63, 3.8) is 0 Å². The van der Waals surface area contributed by atoms with Gasteiger partial charge in [0.15, 0.2) is 17.5 Å². The summed E-state index contributed by atoms with van der Waals surface area (Å²) >= 11 is 8.96. The first-order valence-corrected chi connectivity index (χ1v) is 6.23. The molecular weight excluding hydrogens is 325 g/mol. The highest BCUT2D eigenvalue weighted by Crippen LogP contribution is 2.31. The first kappa shape index (κ1) is 13.4. The Morgan fingerprint density at radius 2 is 1.83 bits per heavy atom. The normalized spacial score (nSPS) is 10.8. The van der Waals surface area contributed by atoms with E-state index in [4.69, 9.17) is 11.6 Å². The van der Waals surface area contributed by atoms with Gasteiger partial charge < -0.3 is 0 Å². The van der Waals surface area contributed by atoms with Gasteiger partial charge in [0.05, 0.1) is 4.47 Å². The zero-order valence-corrected chi connectivity index (χ0v) is 11.9. The van der Waals surface area contributed by atoms with Crippen LogP contribution in [0.1, 0.15) is 11.3 Å². The van der Waals surface area contributed by atoms with Gasteiger partial charge in [0, 0.05) is 16.8 Å². The van der Waals surface area contributed by atoms with Crippen LogP contribution in [0.15, 0.2) is 16.6 Å². The minimum atomic E-state index is -0.967. The van der Waals surface area contributed by atoms with Gasteiger partial charge in [-0.15, -0.1) is 0 Å². The van der Waals surface area contributed by atoms with E-state index < -0.39 is 11.6 Å². The number of halogens is 4. The highest BCUT2D eigenvalue weighted by atomic mass is 79.9. The van der Waals surface area contributed by atoms with Crippen molar-refractivity contribution in [1.29, 1.82) is 0 Å². The molecular formula is C12H8BrClF2N2. The summed E-state index contributed by atoms with van der Waals surface area (Å²) < 4.78 is 26.5. The van der Waals surface area contributed by atoms with Crippen LogP contribution in [0.25, 0.3) is 11.4 Å². The second-order valence-corrected chi connectivity index (χ2v) is 4.92. The number of aromatic nitrogens is 2. The maximum Gasteiger partial charge on any atom is 0.173 e. The van der Waals surface area contributed by atoms with E-state index in [2.05, 4.69) is 25.9 Å². The number of aryl methyl sites for hydroxylation is 1. The Kier molecular flexibility index (Phi) is 3.64. The highest BCUT2D eigenvalue weighted by Gasteiger charge is 2.16. The average molecular weight is 334 g/mol. The van der Waals surface area contributed by atoms with Crippen molar-refractivity contribution < 1.29 is 8.78 Å². The summed E-state index contributed by atoms with van der Waals surface area (Å²) in [6, 6.07) is 2.44. The summed E-state index contributed by atoms with van der Waals surface area (Å²) in [4.78, 5) is 8.29. The second-order valence-electron chi connectivity index (χ2n) is 3.77. The molecule has 2 rings (SSSR count). The van der Waals surface area contributed by atoms with Gasteiger partial charge in [-0.25, -0.2) is 18.7 Å². The predicted octanol–water partition coefficient (Wildman–Crippen LogP) is 4.45. The van der Waals surface area contributed by atoms with E-state index in [-0.39, 0.29) is 10.3 Å². The SMILES string of the molecule is Cc1nc(-c2ccc(F)c(F)c2Br)nc(Cl)c1C. The molecule has 0 radical (unpaired) electrons. The lowest BCUT2D eigenvalue weighted by molar-refractivity contribution is 0.504. The monoisotopic (exact) mass is 332 g/mol. The van der Waals surface area contributed by atoms with Crippen molar-refractivity contribution in [2.24, 2.45) is 0 Å². The zero-order chi connectivity index (χ0) is 13.4. The van der Waals surface area contributed by atoms with Crippen molar-refractivity contribution in [3.8, 4) is 11.4 Å². The van der Waals surface area contributed by atoms with Crippen LogP contribution >= 0.6 is 27.5 Å². The van der Waals surface area contributed by atoms with Crippen LogP contribution in [0.3, 0.4) is 0 Å². The summed E-state index contributed by atoms with van der Waals surface area (Å²) in [6.45, 7) is 3.57. The van der Waals surface area contributed by atoms with Crippen LogP contribution in [0.4, 0.5) is 8.78 Å². The third-order valence-electron chi connectivity index (χ3n) is 2.61. The molecule has 0 saturated carbocycles. The molecule has 0 amide bonds. The molecule has 0 unspecified atom stereocenters. The van der Waals surface area contributed by atoms with E-state index >= 15 is 0 Å². The van der Waals surface area contributed by atoms with Crippen LogP contribution in [0.5, 0.6) is 0 Å². The Labute approximate surface area is 116 Å². The molecule has 0 aliphatic heterocycles. The summed E-state index contributed by atoms with van der Waals surface area (Å²) in [7, 11) is 0. The molecule has 0 atom stereocenters. The van der Waals surface area contributed by atoms with Gasteiger partial charge in [0.1, 0.15) is 5.15 Å². The molecule has 0 saturated heterocycles. The van der Waals surface area contributed by atoms with Gasteiger partial charge in [-0.3, -0.25) is 0 Å². The van der Waals surface area contributed by atoms with Crippen LogP contribution in [0.2, 0.25) is 5.15 Å². The van der Waals surface area contributed by atoms with E-state index in [1.807, 2.05) is 0 Å². The van der Waals surface area contributed by atoms with Gasteiger partial charge in [-0.05, 0) is 41.9 Å². The Morgan fingerprint density at radius 1 is 1.17 bits per heavy atom. The van der Waals surface area contributed by atoms with Gasteiger partial charge in [-0.1, -0.05) is 11.6 Å². The molecule has 0 aliphatic rings. The molecule has 6 heteroatoms. The van der Waals surface area contributed by atoms with E-state index in [0.29, 0.717) is 16.4 Å². The molecule has 1 aromatic heterocycles. The molecule has 0 N–H and O–H groups in total. The van der Waals surface area contributed by atoms with Gasteiger partial charge >= 0.3 is 0 Å². The maximum absolute atomic E-state index is 13.4. The summed E-state index contributed by atoms with van der Waals surface area (Å²) in [5, 5.41) is 0.300. The van der Waals surface area contributed by atoms with Crippen LogP contribution in [-0.2, 0) is 0 Å². The summed E-state index contributed by atoms with van der Waals surface area (Å²) in [5.74, 6) is -1.64. The van der Waals surface area contributed by atoms with E-state index in [1.54, 1.807) is 13.8 Å². The second kappa shape index (κ2) is 4.90. The number of nitrogens with zero attached hydrogens (tertiary/aromatic N) is 2. The van der Waals surface area contributed by atoms with Gasteiger partial charge in [-0.2, -0.15) is 0 Å². The molecule has 2 aromatic rings. The summed E-state index contributed by atoms with van der Waals surface area (Å²) in [5.41, 5.74) is 1.82. The zero-order valence-electron chi connectivity index (χ0n) is 9.56. The fourth-order valence-electron chi connectivity index (χ4n) is 1.41. The Hall–Kier alpha value is -1.07. The third kappa shape index (κ3) is 2.24. The molecule has 0 aliphatic carbocycles. The first-order valence-electron chi connectivity index (χ1n) is 5.06. The van der Waals surface area contributed by atoms with Crippen molar-refractivity contribution in [1.82, 2.24) is 9.97 Å². The lowest BCUT2D eigenvalue weighted by Crippen LogP contribution is -1.98. The molecule has 0 fully saturated rings. The van der Waals surface area contributed by atoms with Gasteiger partial charge in [0.2, 0.25) is 0 Å². The van der Waals surface area contributed by atoms with Crippen LogP contribution < -0.4 is 0 Å². The third-order valence-corrected chi connectivity index (χ3v) is 3.75. The highest BCUT2D eigenvalue weighted by molar-refractivity contribution is 9.10. The molecule has 18 heavy (non-hydrogen) atoms. The molecule has 0 spiro atoms. The Balaban J connectivity index is 2.67. The van der Waals surface area contributed by atoms with Crippen LogP contribution in [0, 0.1) is 25.5 Å². The van der Waals surface area contributed by atoms with E-state index in [9.17, 15) is 8.78 Å². The minimum Gasteiger partial charge on any atom is -0.233 e. The van der Waals surface area contributed by atoms with Crippen LogP contribution in [-0.4, -0.2) is 9.97 Å². The lowest BCUT2D eigenvalue weighted by Gasteiger charge is -2.08. The minimum absolute atomic E-state index is 0.0122. The summed E-state index contributed by atoms with van der Waals surface area (Å²) in [6.07, 6.45) is 0. The quantitative estimate of drug-likeness (QED) is 0.569. The first-order chi connectivity index (χ1) is 8.41. The average Bonchev–Trinajstić information content (AvgIpc) is 2.33. The number of hydrogen-bond donors (Lipinski definition) is 0. The number of hydrogen-bond acceptors (Lipinski definition) is 2. The molecule has 1 aromatic carbocycles. The van der Waals surface area contributed by atoms with Crippen molar-refractivity contribution in [2.45, 2.75) is 13.8 Å². The Morgan fingerprint density at radius 3 is 2.44 bits per heavy atom. The van der Waals surface area contributed by atoms with Gasteiger partial charge in [0.25, 0.3) is 0 Å². The smallest absolute Gasteiger partial charge is 0.173 e.